The molecule has 0 unspecified atom stereocenters. The molecule has 3 N–H and O–H groups in total. The minimum absolute atomic E-state index is 0.152. The molecule has 0 saturated heterocycles. The van der Waals surface area contributed by atoms with Crippen molar-refractivity contribution in [3.63, 3.8) is 0 Å². The van der Waals surface area contributed by atoms with Crippen molar-refractivity contribution in [1.29, 1.82) is 0 Å². The van der Waals surface area contributed by atoms with Crippen LogP contribution in [0.5, 0.6) is 0 Å². The highest BCUT2D eigenvalue weighted by Crippen LogP contribution is 2.60. The van der Waals surface area contributed by atoms with E-state index >= 15 is 0 Å². The van der Waals surface area contributed by atoms with E-state index in [-0.39, 0.29) is 10.8 Å². The summed E-state index contributed by atoms with van der Waals surface area (Å²) in [4.78, 5) is 3.75. The van der Waals surface area contributed by atoms with Crippen molar-refractivity contribution in [1.82, 2.24) is 4.98 Å². The second-order valence-corrected chi connectivity index (χ2v) is 8.32. The molecule has 1 fully saturated rings. The van der Waals surface area contributed by atoms with Crippen molar-refractivity contribution in [3.05, 3.63) is 55.2 Å². The Morgan fingerprint density at radius 2 is 2.04 bits per heavy atom. The van der Waals surface area contributed by atoms with E-state index in [0.29, 0.717) is 17.9 Å². The molecule has 0 radical (unpaired) electrons. The molecule has 2 aliphatic carbocycles. The normalized spacial score (nSPS) is 35.0. The lowest BCUT2D eigenvalue weighted by Crippen LogP contribution is -2.89. The van der Waals surface area contributed by atoms with Crippen LogP contribution in [0, 0.1) is 18.4 Å². The molecular formula is C21H28N2. The maximum absolute atomic E-state index is 4.22. The number of quaternary nitrogens is 1. The van der Waals surface area contributed by atoms with Crippen LogP contribution in [0.15, 0.2) is 36.9 Å². The lowest BCUT2D eigenvalue weighted by Gasteiger charge is -2.48. The Bertz CT molecular complexity index is 769. The third kappa shape index (κ3) is 1.79. The maximum Gasteiger partial charge on any atom is 0.0782 e. The number of hydrogen-bond donors (Lipinski definition) is 2. The van der Waals surface area contributed by atoms with Gasteiger partial charge in [0.1, 0.15) is 0 Å². The van der Waals surface area contributed by atoms with E-state index in [4.69, 9.17) is 0 Å². The number of hydrogen-bond acceptors (Lipinski definition) is 0. The Kier molecular flexibility index (Phi) is 3.09. The fourth-order valence-electron chi connectivity index (χ4n) is 5.52. The lowest BCUT2D eigenvalue weighted by molar-refractivity contribution is -0.654. The van der Waals surface area contributed by atoms with Crippen LogP contribution >= 0.6 is 0 Å². The topological polar surface area (TPSA) is 32.4 Å². The first-order chi connectivity index (χ1) is 10.9. The minimum Gasteiger partial charge on any atom is -0.475 e. The van der Waals surface area contributed by atoms with E-state index in [0.717, 1.165) is 0 Å². The second kappa shape index (κ2) is 4.73. The van der Waals surface area contributed by atoms with Crippen LogP contribution in [0.2, 0.25) is 0 Å². The van der Waals surface area contributed by atoms with E-state index in [1.807, 2.05) is 0 Å². The van der Waals surface area contributed by atoms with Crippen LogP contribution in [0.25, 0.3) is 10.9 Å². The largest absolute Gasteiger partial charge is 0.475 e. The van der Waals surface area contributed by atoms with Crippen molar-refractivity contribution in [2.75, 3.05) is 0 Å². The molecule has 0 aliphatic heterocycles. The van der Waals surface area contributed by atoms with E-state index in [1.54, 1.807) is 5.56 Å². The van der Waals surface area contributed by atoms with Gasteiger partial charge in [-0.3, -0.25) is 0 Å². The molecule has 0 bridgehead atoms. The highest BCUT2D eigenvalue weighted by molar-refractivity contribution is 5.87. The summed E-state index contributed by atoms with van der Waals surface area (Å²) in [6.07, 6.45) is 4.65. The van der Waals surface area contributed by atoms with Gasteiger partial charge in [0, 0.05) is 33.3 Å². The van der Waals surface area contributed by atoms with Crippen LogP contribution in [0.4, 0.5) is 0 Å². The Labute approximate surface area is 139 Å². The molecule has 2 aliphatic rings. The van der Waals surface area contributed by atoms with E-state index < -0.39 is 0 Å². The monoisotopic (exact) mass is 308 g/mol. The van der Waals surface area contributed by atoms with Gasteiger partial charge in [-0.1, -0.05) is 45.0 Å². The zero-order chi connectivity index (χ0) is 16.4. The number of fused-ring (bicyclic) bond motifs is 5. The Hall–Kier alpha value is -1.54. The number of aromatic nitrogens is 1. The molecule has 0 amide bonds. The molecule has 1 heterocycles. The minimum atomic E-state index is 0.152. The van der Waals surface area contributed by atoms with Gasteiger partial charge < -0.3 is 10.3 Å². The Balaban J connectivity index is 1.97. The first-order valence-corrected chi connectivity index (χ1v) is 8.81. The number of benzene rings is 1. The van der Waals surface area contributed by atoms with Crippen LogP contribution in [0.3, 0.4) is 0 Å². The van der Waals surface area contributed by atoms with Crippen LogP contribution in [-0.4, -0.2) is 11.0 Å². The van der Waals surface area contributed by atoms with Gasteiger partial charge in [-0.25, -0.2) is 0 Å². The predicted molar refractivity (Wildman–Crippen MR) is 96.2 cm³/mol. The third-order valence-electron chi connectivity index (χ3n) is 6.95. The molecule has 23 heavy (non-hydrogen) atoms. The second-order valence-electron chi connectivity index (χ2n) is 8.32. The van der Waals surface area contributed by atoms with E-state index in [9.17, 15) is 0 Å². The van der Waals surface area contributed by atoms with Gasteiger partial charge in [-0.05, 0) is 30.4 Å². The van der Waals surface area contributed by atoms with Crippen molar-refractivity contribution in [2.24, 2.45) is 11.3 Å². The van der Waals surface area contributed by atoms with Gasteiger partial charge in [0.15, 0.2) is 0 Å². The first kappa shape index (κ1) is 15.0. The Morgan fingerprint density at radius 3 is 2.74 bits per heavy atom. The van der Waals surface area contributed by atoms with Crippen LogP contribution < -0.4 is 5.32 Å². The molecule has 4 rings (SSSR count). The summed E-state index contributed by atoms with van der Waals surface area (Å²) in [7, 11) is 4.22. The number of nitrogens with two attached hydrogens (primary N) is 1. The maximum atomic E-state index is 4.22. The number of H-pyrrole nitrogens is 1. The smallest absolute Gasteiger partial charge is 0.0782 e. The molecule has 0 spiro atoms. The quantitative estimate of drug-likeness (QED) is 0.624. The van der Waals surface area contributed by atoms with Gasteiger partial charge in [-0.2, -0.15) is 7.05 Å². The Morgan fingerprint density at radius 1 is 1.30 bits per heavy atom. The number of para-hydroxylation sites is 1. The molecule has 1 saturated carbocycles. The zero-order valence-corrected chi connectivity index (χ0v) is 14.5. The summed E-state index contributed by atoms with van der Waals surface area (Å²) in [5.41, 5.74) is 4.63. The van der Waals surface area contributed by atoms with Gasteiger partial charge in [-0.15, -0.1) is 6.58 Å². The SMILES string of the molecule is C=C[C@]1(C)CC[C@H]2[C@@H](c3c([nH]c4ccccc34)C2(C)C)[C@H]1[NH2+][CH2-]. The molecule has 2 nitrogen and oxygen atoms in total. The molecule has 1 aromatic heterocycles. The van der Waals surface area contributed by atoms with Gasteiger partial charge in [0.25, 0.3) is 0 Å². The molecule has 4 atom stereocenters. The summed E-state index contributed by atoms with van der Waals surface area (Å²) >= 11 is 0. The summed E-state index contributed by atoms with van der Waals surface area (Å²) in [5, 5.41) is 3.61. The standard InChI is InChI=1S/C21H28N2/c1-6-21(4)12-11-14-17(19(21)22-5)16-13-9-7-8-10-15(13)23-18(16)20(14,2)3/h6-10,14,17,19,23H,1,5,11-12,22H2,2-4H3/t14-,17-,19+,21+/m0/s1. The molecule has 2 heteroatoms. The number of nitrogens with one attached hydrogen (secondary N) is 1. The molecule has 1 aromatic carbocycles. The average Bonchev–Trinajstić information content (AvgIpc) is 3.02. The molecule has 122 valence electrons. The van der Waals surface area contributed by atoms with Gasteiger partial charge in [0.05, 0.1) is 6.04 Å². The van der Waals surface area contributed by atoms with Crippen LogP contribution in [-0.2, 0) is 5.41 Å². The third-order valence-corrected chi connectivity index (χ3v) is 6.95. The average molecular weight is 308 g/mol. The van der Waals surface area contributed by atoms with E-state index in [1.165, 1.54) is 29.4 Å². The highest BCUT2D eigenvalue weighted by atomic mass is 14.9. The zero-order valence-electron chi connectivity index (χ0n) is 14.5. The lowest BCUT2D eigenvalue weighted by atomic mass is 9.59. The number of rotatable bonds is 2. The molecule has 2 aromatic rings. The summed E-state index contributed by atoms with van der Waals surface area (Å²) in [5.74, 6) is 1.23. The van der Waals surface area contributed by atoms with Crippen molar-refractivity contribution >= 4 is 10.9 Å². The van der Waals surface area contributed by atoms with Crippen molar-refractivity contribution in [3.8, 4) is 0 Å². The summed E-state index contributed by atoms with van der Waals surface area (Å²) in [6, 6.07) is 9.23. The van der Waals surface area contributed by atoms with E-state index in [2.05, 4.69) is 75.0 Å². The van der Waals surface area contributed by atoms with Crippen LogP contribution in [0.1, 0.15) is 50.8 Å². The van der Waals surface area contributed by atoms with Crippen molar-refractivity contribution < 1.29 is 5.32 Å². The fourth-order valence-corrected chi connectivity index (χ4v) is 5.52. The van der Waals surface area contributed by atoms with Gasteiger partial charge in [0.2, 0.25) is 0 Å². The fraction of sp³-hybridized carbons (Fsp3) is 0.476. The summed E-state index contributed by atoms with van der Waals surface area (Å²) in [6.45, 7) is 11.4. The summed E-state index contributed by atoms with van der Waals surface area (Å²) < 4.78 is 0. The first-order valence-electron chi connectivity index (χ1n) is 8.81. The molecular weight excluding hydrogens is 280 g/mol. The van der Waals surface area contributed by atoms with Gasteiger partial charge >= 0.3 is 0 Å². The number of aromatic amines is 1. The highest BCUT2D eigenvalue weighted by Gasteiger charge is 2.57. The predicted octanol–water partition coefficient (Wildman–Crippen LogP) is 3.87. The van der Waals surface area contributed by atoms with Crippen molar-refractivity contribution in [2.45, 2.75) is 51.0 Å².